The molecule has 7 heteroatoms. The number of anilines is 1. The number of urea groups is 1. The first-order chi connectivity index (χ1) is 9.99. The monoisotopic (exact) mass is 310 g/mol. The lowest BCUT2D eigenvalue weighted by Gasteiger charge is -2.30. The Morgan fingerprint density at radius 2 is 2.05 bits per heavy atom. The molecule has 6 nitrogen and oxygen atoms in total. The molecule has 1 fully saturated rings. The van der Waals surface area contributed by atoms with Gasteiger partial charge in [0.1, 0.15) is 11.7 Å². The molecule has 1 atom stereocenters. The van der Waals surface area contributed by atoms with Crippen molar-refractivity contribution in [2.24, 2.45) is 5.92 Å². The fraction of sp³-hybridized carbons (Fsp3) is 0.357. The van der Waals surface area contributed by atoms with Gasteiger partial charge in [-0.3, -0.25) is 14.9 Å². The Morgan fingerprint density at radius 1 is 1.33 bits per heavy atom. The van der Waals surface area contributed by atoms with Crippen molar-refractivity contribution in [1.29, 1.82) is 0 Å². The second kappa shape index (κ2) is 6.13. The van der Waals surface area contributed by atoms with E-state index in [4.69, 9.17) is 16.3 Å². The highest BCUT2D eigenvalue weighted by Gasteiger charge is 2.41. The zero-order valence-electron chi connectivity index (χ0n) is 11.7. The normalized spacial score (nSPS) is 18.7. The summed E-state index contributed by atoms with van der Waals surface area (Å²) in [6.45, 7) is 1.86. The molecular formula is C14H15ClN2O4. The molecule has 0 spiro atoms. The molecule has 1 aliphatic heterocycles. The van der Waals surface area contributed by atoms with Crippen molar-refractivity contribution < 1.29 is 19.1 Å². The van der Waals surface area contributed by atoms with Crippen molar-refractivity contribution in [3.05, 3.63) is 23.2 Å². The number of nitrogens with one attached hydrogen (secondary N) is 1. The van der Waals surface area contributed by atoms with Crippen LogP contribution in [-0.2, 0) is 9.59 Å². The van der Waals surface area contributed by atoms with Gasteiger partial charge in [-0.1, -0.05) is 24.9 Å². The molecule has 1 aromatic rings. The maximum atomic E-state index is 12.4. The number of hydrogen-bond acceptors (Lipinski definition) is 4. The minimum absolute atomic E-state index is 0.201. The number of barbiturate groups is 1. The molecule has 0 radical (unpaired) electrons. The van der Waals surface area contributed by atoms with Gasteiger partial charge in [-0.25, -0.2) is 9.69 Å². The van der Waals surface area contributed by atoms with E-state index in [9.17, 15) is 14.4 Å². The zero-order chi connectivity index (χ0) is 15.6. The molecule has 112 valence electrons. The Labute approximate surface area is 127 Å². The highest BCUT2D eigenvalue weighted by atomic mass is 35.5. The van der Waals surface area contributed by atoms with Gasteiger partial charge >= 0.3 is 6.03 Å². The summed E-state index contributed by atoms with van der Waals surface area (Å²) in [5.74, 6) is -1.56. The number of hydrogen-bond donors (Lipinski definition) is 1. The van der Waals surface area contributed by atoms with Gasteiger partial charge in [0.05, 0.1) is 17.8 Å². The van der Waals surface area contributed by atoms with Crippen LogP contribution in [-0.4, -0.2) is 25.0 Å². The summed E-state index contributed by atoms with van der Waals surface area (Å²) in [6, 6.07) is 3.83. The largest absolute Gasteiger partial charge is 0.497 e. The van der Waals surface area contributed by atoms with Gasteiger partial charge in [-0.05, 0) is 18.6 Å². The van der Waals surface area contributed by atoms with Gasteiger partial charge in [0.2, 0.25) is 11.8 Å². The first-order valence-corrected chi connectivity index (χ1v) is 6.89. The standard InChI is InChI=1S/C14H15ClN2O4/c1-3-4-9-12(18)16-14(20)17(13(9)19)11-7-8(21-2)5-6-10(11)15/h5-7,9H,3-4H2,1-2H3,(H,16,18,20). The number of carbonyl (C=O) groups is 3. The van der Waals surface area contributed by atoms with E-state index in [2.05, 4.69) is 5.32 Å². The van der Waals surface area contributed by atoms with Crippen LogP contribution in [0.4, 0.5) is 10.5 Å². The third-order valence-corrected chi connectivity index (χ3v) is 3.56. The van der Waals surface area contributed by atoms with Gasteiger partial charge in [-0.15, -0.1) is 0 Å². The quantitative estimate of drug-likeness (QED) is 0.866. The van der Waals surface area contributed by atoms with Crippen molar-refractivity contribution in [1.82, 2.24) is 5.32 Å². The number of halogens is 1. The van der Waals surface area contributed by atoms with Crippen LogP contribution in [0.15, 0.2) is 18.2 Å². The van der Waals surface area contributed by atoms with Crippen LogP contribution < -0.4 is 15.0 Å². The molecule has 1 unspecified atom stereocenters. The molecule has 2 rings (SSSR count). The summed E-state index contributed by atoms with van der Waals surface area (Å²) >= 11 is 6.06. The first-order valence-electron chi connectivity index (χ1n) is 6.52. The molecule has 1 saturated heterocycles. The van der Waals surface area contributed by atoms with E-state index >= 15 is 0 Å². The number of carbonyl (C=O) groups excluding carboxylic acids is 3. The van der Waals surface area contributed by atoms with Crippen molar-refractivity contribution >= 4 is 35.1 Å². The Balaban J connectivity index is 2.43. The van der Waals surface area contributed by atoms with Crippen LogP contribution in [0, 0.1) is 5.92 Å². The lowest BCUT2D eigenvalue weighted by Crippen LogP contribution is -2.58. The summed E-state index contributed by atoms with van der Waals surface area (Å²) in [5, 5.41) is 2.41. The third-order valence-electron chi connectivity index (χ3n) is 3.24. The van der Waals surface area contributed by atoms with Gasteiger partial charge < -0.3 is 4.74 Å². The number of imide groups is 2. The van der Waals surface area contributed by atoms with Gasteiger partial charge in [0, 0.05) is 6.07 Å². The van der Waals surface area contributed by atoms with E-state index < -0.39 is 23.8 Å². The Morgan fingerprint density at radius 3 is 2.67 bits per heavy atom. The van der Waals surface area contributed by atoms with Crippen LogP contribution in [0.5, 0.6) is 5.75 Å². The molecule has 21 heavy (non-hydrogen) atoms. The maximum Gasteiger partial charge on any atom is 0.335 e. The fourth-order valence-corrected chi connectivity index (χ4v) is 2.38. The average molecular weight is 311 g/mol. The molecule has 1 aromatic carbocycles. The van der Waals surface area contributed by atoms with Crippen LogP contribution in [0.3, 0.4) is 0 Å². The number of amides is 4. The predicted octanol–water partition coefficient (Wildman–Crippen LogP) is 2.35. The number of benzene rings is 1. The average Bonchev–Trinajstić information content (AvgIpc) is 2.45. The summed E-state index contributed by atoms with van der Waals surface area (Å²) in [6.07, 6.45) is 1.02. The van der Waals surface area contributed by atoms with Crippen molar-refractivity contribution in [2.75, 3.05) is 12.0 Å². The first kappa shape index (κ1) is 15.3. The SMILES string of the molecule is CCCC1C(=O)NC(=O)N(c2cc(OC)ccc2Cl)C1=O. The van der Waals surface area contributed by atoms with E-state index in [1.807, 2.05) is 6.92 Å². The summed E-state index contributed by atoms with van der Waals surface area (Å²) in [4.78, 5) is 37.1. The lowest BCUT2D eigenvalue weighted by molar-refractivity contribution is -0.134. The van der Waals surface area contributed by atoms with E-state index in [0.29, 0.717) is 18.6 Å². The summed E-state index contributed by atoms with van der Waals surface area (Å²) in [5.41, 5.74) is 0.201. The number of methoxy groups -OCH3 is 1. The van der Waals surface area contributed by atoms with Gasteiger partial charge in [-0.2, -0.15) is 0 Å². The summed E-state index contributed by atoms with van der Waals surface area (Å²) in [7, 11) is 1.47. The molecule has 0 aromatic heterocycles. The molecule has 1 N–H and O–H groups in total. The molecule has 0 aliphatic carbocycles. The summed E-state index contributed by atoms with van der Waals surface area (Å²) < 4.78 is 5.07. The van der Waals surface area contributed by atoms with Crippen molar-refractivity contribution in [2.45, 2.75) is 19.8 Å². The smallest absolute Gasteiger partial charge is 0.335 e. The highest BCUT2D eigenvalue weighted by Crippen LogP contribution is 2.32. The number of ether oxygens (including phenoxy) is 1. The topological polar surface area (TPSA) is 75.7 Å². The highest BCUT2D eigenvalue weighted by molar-refractivity contribution is 6.36. The molecule has 1 aliphatic rings. The van der Waals surface area contributed by atoms with Crippen LogP contribution in [0.2, 0.25) is 5.02 Å². The predicted molar refractivity (Wildman–Crippen MR) is 77.4 cm³/mol. The fourth-order valence-electron chi connectivity index (χ4n) is 2.18. The second-order valence-electron chi connectivity index (χ2n) is 4.63. The van der Waals surface area contributed by atoms with E-state index in [1.165, 1.54) is 19.2 Å². The van der Waals surface area contributed by atoms with Crippen LogP contribution in [0.25, 0.3) is 0 Å². The number of nitrogens with zero attached hydrogens (tertiary/aromatic N) is 1. The Hall–Kier alpha value is -2.08. The maximum absolute atomic E-state index is 12.4. The van der Waals surface area contributed by atoms with Gasteiger partial charge in [0.25, 0.3) is 0 Å². The van der Waals surface area contributed by atoms with Crippen molar-refractivity contribution in [3.8, 4) is 5.75 Å². The van der Waals surface area contributed by atoms with Crippen LogP contribution >= 0.6 is 11.6 Å². The van der Waals surface area contributed by atoms with Crippen LogP contribution in [0.1, 0.15) is 19.8 Å². The molecule has 1 heterocycles. The lowest BCUT2D eigenvalue weighted by atomic mass is 9.99. The minimum atomic E-state index is -0.880. The van der Waals surface area contributed by atoms with E-state index in [0.717, 1.165) is 4.90 Å². The third kappa shape index (κ3) is 2.85. The zero-order valence-corrected chi connectivity index (χ0v) is 12.4. The molecule has 4 amide bonds. The molecular weight excluding hydrogens is 296 g/mol. The van der Waals surface area contributed by atoms with E-state index in [1.54, 1.807) is 6.07 Å². The Bertz CT molecular complexity index is 603. The Kier molecular flexibility index (Phi) is 4.47. The molecule has 0 saturated carbocycles. The van der Waals surface area contributed by atoms with Crippen molar-refractivity contribution in [3.63, 3.8) is 0 Å². The van der Waals surface area contributed by atoms with Gasteiger partial charge in [0.15, 0.2) is 0 Å². The molecule has 0 bridgehead atoms. The minimum Gasteiger partial charge on any atom is -0.497 e. The van der Waals surface area contributed by atoms with E-state index in [-0.39, 0.29) is 10.7 Å². The second-order valence-corrected chi connectivity index (χ2v) is 5.03. The number of rotatable bonds is 4.